The molecule has 104 valence electrons. The molecule has 3 aromatic rings. The fraction of sp³-hybridized carbons (Fsp3) is 0.333. The van der Waals surface area contributed by atoms with E-state index >= 15 is 0 Å². The second kappa shape index (κ2) is 4.74. The van der Waals surface area contributed by atoms with Gasteiger partial charge in [0.1, 0.15) is 0 Å². The van der Waals surface area contributed by atoms with Gasteiger partial charge in [0.15, 0.2) is 0 Å². The van der Waals surface area contributed by atoms with Gasteiger partial charge >= 0.3 is 5.69 Å². The van der Waals surface area contributed by atoms with Gasteiger partial charge in [-0.1, -0.05) is 22.9 Å². The van der Waals surface area contributed by atoms with Gasteiger partial charge in [0.25, 0.3) is 0 Å². The molecule has 0 aliphatic rings. The summed E-state index contributed by atoms with van der Waals surface area (Å²) in [5.41, 5.74) is 2.77. The maximum atomic E-state index is 12.5. The van der Waals surface area contributed by atoms with Gasteiger partial charge in [0.2, 0.25) is 0 Å². The van der Waals surface area contributed by atoms with Crippen LogP contribution < -0.4 is 5.69 Å². The molecule has 0 bridgehead atoms. The van der Waals surface area contributed by atoms with Crippen molar-refractivity contribution in [2.45, 2.75) is 26.3 Å². The van der Waals surface area contributed by atoms with E-state index in [9.17, 15) is 4.79 Å². The summed E-state index contributed by atoms with van der Waals surface area (Å²) in [6.45, 7) is 4.17. The van der Waals surface area contributed by atoms with Crippen molar-refractivity contribution in [2.24, 2.45) is 7.05 Å². The minimum Gasteiger partial charge on any atom is -0.293 e. The molecule has 0 spiro atoms. The highest BCUT2D eigenvalue weighted by Gasteiger charge is 2.17. The maximum Gasteiger partial charge on any atom is 0.329 e. The molecule has 0 aliphatic heterocycles. The summed E-state index contributed by atoms with van der Waals surface area (Å²) < 4.78 is 4.55. The summed E-state index contributed by atoms with van der Waals surface area (Å²) >= 11 is 3.50. The summed E-state index contributed by atoms with van der Waals surface area (Å²) in [5, 5.41) is 1.01. The van der Waals surface area contributed by atoms with E-state index in [1.807, 2.05) is 22.8 Å². The van der Waals surface area contributed by atoms with Gasteiger partial charge in [0, 0.05) is 22.9 Å². The largest absolute Gasteiger partial charge is 0.329 e. The van der Waals surface area contributed by atoms with E-state index in [0.717, 1.165) is 32.8 Å². The second-order valence-corrected chi connectivity index (χ2v) is 6.04. The molecule has 2 heterocycles. The average Bonchev–Trinajstić information content (AvgIpc) is 2.71. The van der Waals surface area contributed by atoms with Gasteiger partial charge < -0.3 is 0 Å². The first-order valence-electron chi connectivity index (χ1n) is 6.69. The molecule has 0 aliphatic carbocycles. The zero-order valence-corrected chi connectivity index (χ0v) is 13.3. The van der Waals surface area contributed by atoms with Crippen molar-refractivity contribution in [2.75, 3.05) is 0 Å². The lowest BCUT2D eigenvalue weighted by molar-refractivity contribution is 0.521. The van der Waals surface area contributed by atoms with Crippen molar-refractivity contribution in [1.29, 1.82) is 0 Å². The van der Waals surface area contributed by atoms with E-state index in [2.05, 4.69) is 34.8 Å². The summed E-state index contributed by atoms with van der Waals surface area (Å²) in [6, 6.07) is 6.13. The van der Waals surface area contributed by atoms with Crippen LogP contribution in [-0.2, 0) is 7.05 Å². The first kappa shape index (κ1) is 13.4. The number of aromatic nitrogens is 3. The maximum absolute atomic E-state index is 12.5. The molecule has 1 aromatic carbocycles. The van der Waals surface area contributed by atoms with Gasteiger partial charge in [-0.15, -0.1) is 0 Å². The van der Waals surface area contributed by atoms with Crippen LogP contribution in [0.1, 0.15) is 26.3 Å². The van der Waals surface area contributed by atoms with Gasteiger partial charge in [-0.05, 0) is 31.5 Å². The number of halogens is 1. The molecule has 0 amide bonds. The Bertz CT molecular complexity index is 863. The standard InChI is InChI=1S/C15H16BrN3O/c1-4-9(2)19-14-11-7-10(16)5-6-12(11)17-8-13(14)18(3)15(19)20/h5-9H,4H2,1-3H3. The minimum absolute atomic E-state index is 0.0172. The molecule has 0 saturated carbocycles. The van der Waals surface area contributed by atoms with Crippen molar-refractivity contribution in [3.63, 3.8) is 0 Å². The van der Waals surface area contributed by atoms with E-state index in [1.54, 1.807) is 17.8 Å². The predicted octanol–water partition coefficient (Wildman–Crippen LogP) is 3.62. The first-order valence-corrected chi connectivity index (χ1v) is 7.49. The van der Waals surface area contributed by atoms with E-state index in [-0.39, 0.29) is 11.7 Å². The molecule has 20 heavy (non-hydrogen) atoms. The summed E-state index contributed by atoms with van der Waals surface area (Å²) in [5.74, 6) is 0. The van der Waals surface area contributed by atoms with Gasteiger partial charge in [0.05, 0.1) is 22.7 Å². The van der Waals surface area contributed by atoms with Crippen LogP contribution in [0.4, 0.5) is 0 Å². The molecule has 4 nitrogen and oxygen atoms in total. The zero-order chi connectivity index (χ0) is 14.4. The Hall–Kier alpha value is -1.62. The number of aryl methyl sites for hydroxylation is 1. The van der Waals surface area contributed by atoms with Crippen molar-refractivity contribution < 1.29 is 0 Å². The highest BCUT2D eigenvalue weighted by atomic mass is 79.9. The quantitative estimate of drug-likeness (QED) is 0.718. The van der Waals surface area contributed by atoms with Gasteiger partial charge in [-0.25, -0.2) is 4.79 Å². The summed E-state index contributed by atoms with van der Waals surface area (Å²) in [6.07, 6.45) is 2.70. The van der Waals surface area contributed by atoms with Crippen LogP contribution in [0.15, 0.2) is 33.7 Å². The molecular weight excluding hydrogens is 318 g/mol. The van der Waals surface area contributed by atoms with Crippen LogP contribution in [-0.4, -0.2) is 14.1 Å². The second-order valence-electron chi connectivity index (χ2n) is 5.12. The average molecular weight is 334 g/mol. The highest BCUT2D eigenvalue weighted by molar-refractivity contribution is 9.10. The molecule has 5 heteroatoms. The van der Waals surface area contributed by atoms with Crippen molar-refractivity contribution in [1.82, 2.24) is 14.1 Å². The van der Waals surface area contributed by atoms with E-state index < -0.39 is 0 Å². The van der Waals surface area contributed by atoms with Crippen LogP contribution in [0.25, 0.3) is 21.9 Å². The van der Waals surface area contributed by atoms with Crippen molar-refractivity contribution in [3.05, 3.63) is 39.4 Å². The fourth-order valence-corrected chi connectivity index (χ4v) is 2.95. The van der Waals surface area contributed by atoms with Crippen LogP contribution in [0, 0.1) is 0 Å². The molecule has 0 fully saturated rings. The predicted molar refractivity (Wildman–Crippen MR) is 85.2 cm³/mol. The molecule has 1 unspecified atom stereocenters. The van der Waals surface area contributed by atoms with Crippen LogP contribution >= 0.6 is 15.9 Å². The van der Waals surface area contributed by atoms with Crippen LogP contribution in [0.5, 0.6) is 0 Å². The third-order valence-electron chi connectivity index (χ3n) is 3.91. The Morgan fingerprint density at radius 3 is 2.85 bits per heavy atom. The van der Waals surface area contributed by atoms with Crippen molar-refractivity contribution >= 4 is 37.9 Å². The number of hydrogen-bond donors (Lipinski definition) is 0. The number of nitrogens with zero attached hydrogens (tertiary/aromatic N) is 3. The van der Waals surface area contributed by atoms with Crippen LogP contribution in [0.2, 0.25) is 0 Å². The lowest BCUT2D eigenvalue weighted by atomic mass is 10.1. The molecular formula is C15H16BrN3O. The number of imidazole rings is 1. The Morgan fingerprint density at radius 2 is 2.15 bits per heavy atom. The van der Waals surface area contributed by atoms with E-state index in [1.165, 1.54) is 0 Å². The third kappa shape index (κ3) is 1.80. The first-order chi connectivity index (χ1) is 9.54. The number of fused-ring (bicyclic) bond motifs is 3. The molecule has 3 rings (SSSR count). The molecule has 0 radical (unpaired) electrons. The van der Waals surface area contributed by atoms with Gasteiger partial charge in [-0.2, -0.15) is 0 Å². The molecule has 0 N–H and O–H groups in total. The smallest absolute Gasteiger partial charge is 0.293 e. The number of rotatable bonds is 2. The Labute approximate surface area is 125 Å². The zero-order valence-electron chi connectivity index (χ0n) is 11.7. The Morgan fingerprint density at radius 1 is 1.40 bits per heavy atom. The topological polar surface area (TPSA) is 39.8 Å². The molecule has 0 saturated heterocycles. The molecule has 2 aromatic heterocycles. The summed E-state index contributed by atoms with van der Waals surface area (Å²) in [7, 11) is 1.80. The number of pyridine rings is 1. The van der Waals surface area contributed by atoms with Crippen molar-refractivity contribution in [3.8, 4) is 0 Å². The summed E-state index contributed by atoms with van der Waals surface area (Å²) in [4.78, 5) is 17.0. The lowest BCUT2D eigenvalue weighted by Gasteiger charge is -2.12. The van der Waals surface area contributed by atoms with Gasteiger partial charge in [-0.3, -0.25) is 14.1 Å². The highest BCUT2D eigenvalue weighted by Crippen LogP contribution is 2.27. The minimum atomic E-state index is 0.0172. The van der Waals surface area contributed by atoms with E-state index in [4.69, 9.17) is 0 Å². The van der Waals surface area contributed by atoms with Crippen LogP contribution in [0.3, 0.4) is 0 Å². The SMILES string of the molecule is CCC(C)n1c(=O)n(C)c2cnc3ccc(Br)cc3c21. The number of benzene rings is 1. The Kier molecular flexibility index (Phi) is 3.17. The Balaban J connectivity index is 2.57. The monoisotopic (exact) mass is 333 g/mol. The number of hydrogen-bond acceptors (Lipinski definition) is 2. The normalized spacial score (nSPS) is 13.2. The molecule has 1 atom stereocenters. The fourth-order valence-electron chi connectivity index (χ4n) is 2.59. The van der Waals surface area contributed by atoms with E-state index in [0.29, 0.717) is 0 Å². The third-order valence-corrected chi connectivity index (χ3v) is 4.40. The lowest BCUT2D eigenvalue weighted by Crippen LogP contribution is -2.24.